The highest BCUT2D eigenvalue weighted by molar-refractivity contribution is 5.38. The first-order valence-electron chi connectivity index (χ1n) is 6.64. The Morgan fingerprint density at radius 1 is 1.41 bits per heavy atom. The van der Waals surface area contributed by atoms with Crippen LogP contribution in [-0.4, -0.2) is 13.7 Å². The SMILES string of the molecule is CCC1NCC(C)CCc2ccc(OC)cc21. The Morgan fingerprint density at radius 3 is 2.94 bits per heavy atom. The largest absolute Gasteiger partial charge is 0.497 e. The monoisotopic (exact) mass is 233 g/mol. The summed E-state index contributed by atoms with van der Waals surface area (Å²) in [6.07, 6.45) is 3.59. The third-order valence-electron chi connectivity index (χ3n) is 3.76. The van der Waals surface area contributed by atoms with Crippen molar-refractivity contribution in [2.75, 3.05) is 13.7 Å². The molecule has 17 heavy (non-hydrogen) atoms. The zero-order valence-corrected chi connectivity index (χ0v) is 11.1. The fraction of sp³-hybridized carbons (Fsp3) is 0.600. The van der Waals surface area contributed by atoms with E-state index < -0.39 is 0 Å². The molecule has 0 spiro atoms. The second kappa shape index (κ2) is 5.54. The van der Waals surface area contributed by atoms with Crippen molar-refractivity contribution >= 4 is 0 Å². The lowest BCUT2D eigenvalue weighted by Crippen LogP contribution is -2.29. The van der Waals surface area contributed by atoms with Crippen molar-refractivity contribution in [3.63, 3.8) is 0 Å². The van der Waals surface area contributed by atoms with Crippen LogP contribution in [0.5, 0.6) is 5.75 Å². The van der Waals surface area contributed by atoms with E-state index in [9.17, 15) is 0 Å². The third-order valence-corrected chi connectivity index (χ3v) is 3.76. The Hall–Kier alpha value is -1.02. The quantitative estimate of drug-likeness (QED) is 0.846. The maximum Gasteiger partial charge on any atom is 0.119 e. The molecule has 2 rings (SSSR count). The zero-order valence-electron chi connectivity index (χ0n) is 11.1. The van der Waals surface area contributed by atoms with Gasteiger partial charge in [0.1, 0.15) is 5.75 Å². The van der Waals surface area contributed by atoms with Gasteiger partial charge in [-0.15, -0.1) is 0 Å². The molecule has 2 unspecified atom stereocenters. The minimum absolute atomic E-state index is 0.475. The summed E-state index contributed by atoms with van der Waals surface area (Å²) in [5.74, 6) is 1.73. The first-order chi connectivity index (χ1) is 8.24. The van der Waals surface area contributed by atoms with Crippen molar-refractivity contribution in [3.05, 3.63) is 29.3 Å². The lowest BCUT2D eigenvalue weighted by atomic mass is 9.90. The predicted octanol–water partition coefficient (Wildman–Crippen LogP) is 3.32. The van der Waals surface area contributed by atoms with Crippen LogP contribution in [0.15, 0.2) is 18.2 Å². The molecule has 0 amide bonds. The van der Waals surface area contributed by atoms with Gasteiger partial charge in [-0.3, -0.25) is 0 Å². The summed E-state index contributed by atoms with van der Waals surface area (Å²) in [5, 5.41) is 3.67. The van der Waals surface area contributed by atoms with Gasteiger partial charge in [0, 0.05) is 6.04 Å². The Balaban J connectivity index is 2.34. The predicted molar refractivity (Wildman–Crippen MR) is 71.5 cm³/mol. The first kappa shape index (κ1) is 12.4. The average Bonchev–Trinajstić information content (AvgIpc) is 2.35. The van der Waals surface area contributed by atoms with Crippen molar-refractivity contribution in [1.29, 1.82) is 0 Å². The molecule has 94 valence electrons. The van der Waals surface area contributed by atoms with Gasteiger partial charge in [-0.1, -0.05) is 19.9 Å². The number of ether oxygens (including phenoxy) is 1. The van der Waals surface area contributed by atoms with Crippen molar-refractivity contribution < 1.29 is 4.74 Å². The molecule has 0 saturated carbocycles. The van der Waals surface area contributed by atoms with Gasteiger partial charge < -0.3 is 10.1 Å². The molecule has 1 N–H and O–H groups in total. The van der Waals surface area contributed by atoms with Gasteiger partial charge in [-0.05, 0) is 55.0 Å². The molecule has 2 heteroatoms. The average molecular weight is 233 g/mol. The van der Waals surface area contributed by atoms with Crippen molar-refractivity contribution in [1.82, 2.24) is 5.32 Å². The Bertz CT molecular complexity index is 375. The van der Waals surface area contributed by atoms with E-state index in [0.29, 0.717) is 6.04 Å². The van der Waals surface area contributed by atoms with E-state index >= 15 is 0 Å². The summed E-state index contributed by atoms with van der Waals surface area (Å²) in [5.41, 5.74) is 2.91. The van der Waals surface area contributed by atoms with Crippen LogP contribution in [0.2, 0.25) is 0 Å². The van der Waals surface area contributed by atoms with Crippen LogP contribution < -0.4 is 10.1 Å². The molecule has 1 aliphatic heterocycles. The molecule has 1 aromatic rings. The minimum Gasteiger partial charge on any atom is -0.497 e. The van der Waals surface area contributed by atoms with Crippen LogP contribution in [-0.2, 0) is 6.42 Å². The van der Waals surface area contributed by atoms with Gasteiger partial charge in [-0.25, -0.2) is 0 Å². The maximum absolute atomic E-state index is 5.34. The van der Waals surface area contributed by atoms with Crippen LogP contribution in [0.1, 0.15) is 43.9 Å². The molecule has 1 aromatic carbocycles. The minimum atomic E-state index is 0.475. The smallest absolute Gasteiger partial charge is 0.119 e. The van der Waals surface area contributed by atoms with E-state index in [4.69, 9.17) is 4.74 Å². The normalized spacial score (nSPS) is 24.6. The first-order valence-corrected chi connectivity index (χ1v) is 6.64. The van der Waals surface area contributed by atoms with Gasteiger partial charge in [0.2, 0.25) is 0 Å². The van der Waals surface area contributed by atoms with Crippen LogP contribution in [0.25, 0.3) is 0 Å². The summed E-state index contributed by atoms with van der Waals surface area (Å²) >= 11 is 0. The summed E-state index contributed by atoms with van der Waals surface area (Å²) in [6.45, 7) is 5.69. The number of rotatable bonds is 2. The highest BCUT2D eigenvalue weighted by Gasteiger charge is 2.18. The molecule has 0 aliphatic carbocycles. The van der Waals surface area contributed by atoms with E-state index in [1.807, 2.05) is 0 Å². The number of aryl methyl sites for hydroxylation is 1. The topological polar surface area (TPSA) is 21.3 Å². The Labute approximate surface area is 104 Å². The lowest BCUT2D eigenvalue weighted by Gasteiger charge is -2.26. The molecule has 2 nitrogen and oxygen atoms in total. The standard InChI is InChI=1S/C15H23NO/c1-4-15-14-9-13(17-3)8-7-12(14)6-5-11(2)10-16-15/h7-9,11,15-16H,4-6,10H2,1-3H3. The number of hydrogen-bond acceptors (Lipinski definition) is 2. The molecule has 0 radical (unpaired) electrons. The molecular formula is C15H23NO. The molecule has 0 aromatic heterocycles. The van der Waals surface area contributed by atoms with Gasteiger partial charge >= 0.3 is 0 Å². The van der Waals surface area contributed by atoms with E-state index in [2.05, 4.69) is 37.4 Å². The zero-order chi connectivity index (χ0) is 12.3. The molecule has 0 saturated heterocycles. The molecule has 0 fully saturated rings. The van der Waals surface area contributed by atoms with E-state index in [-0.39, 0.29) is 0 Å². The highest BCUT2D eigenvalue weighted by Crippen LogP contribution is 2.29. The molecular weight excluding hydrogens is 210 g/mol. The molecule has 1 aliphatic rings. The lowest BCUT2D eigenvalue weighted by molar-refractivity contribution is 0.399. The maximum atomic E-state index is 5.34. The van der Waals surface area contributed by atoms with Gasteiger partial charge in [-0.2, -0.15) is 0 Å². The van der Waals surface area contributed by atoms with Crippen LogP contribution in [0.4, 0.5) is 0 Å². The van der Waals surface area contributed by atoms with Crippen LogP contribution >= 0.6 is 0 Å². The van der Waals surface area contributed by atoms with Crippen molar-refractivity contribution in [3.8, 4) is 5.75 Å². The van der Waals surface area contributed by atoms with Crippen molar-refractivity contribution in [2.45, 2.75) is 39.2 Å². The van der Waals surface area contributed by atoms with Gasteiger partial charge in [0.15, 0.2) is 0 Å². The number of hydrogen-bond donors (Lipinski definition) is 1. The number of methoxy groups -OCH3 is 1. The number of fused-ring (bicyclic) bond motifs is 1. The summed E-state index contributed by atoms with van der Waals surface area (Å²) in [7, 11) is 1.74. The van der Waals surface area contributed by atoms with E-state index in [1.54, 1.807) is 7.11 Å². The second-order valence-corrected chi connectivity index (χ2v) is 5.08. The van der Waals surface area contributed by atoms with Gasteiger partial charge in [0.05, 0.1) is 7.11 Å². The van der Waals surface area contributed by atoms with E-state index in [1.165, 1.54) is 24.0 Å². The Morgan fingerprint density at radius 2 is 2.24 bits per heavy atom. The highest BCUT2D eigenvalue weighted by atomic mass is 16.5. The Kier molecular flexibility index (Phi) is 4.06. The van der Waals surface area contributed by atoms with Crippen LogP contribution in [0.3, 0.4) is 0 Å². The number of nitrogens with one attached hydrogen (secondary N) is 1. The molecule has 0 bridgehead atoms. The fourth-order valence-corrected chi connectivity index (χ4v) is 2.57. The number of benzene rings is 1. The van der Waals surface area contributed by atoms with Crippen molar-refractivity contribution in [2.24, 2.45) is 5.92 Å². The second-order valence-electron chi connectivity index (χ2n) is 5.08. The fourth-order valence-electron chi connectivity index (χ4n) is 2.57. The summed E-state index contributed by atoms with van der Waals surface area (Å²) < 4.78 is 5.34. The third kappa shape index (κ3) is 2.81. The summed E-state index contributed by atoms with van der Waals surface area (Å²) in [4.78, 5) is 0. The van der Waals surface area contributed by atoms with Crippen LogP contribution in [0, 0.1) is 5.92 Å². The van der Waals surface area contributed by atoms with E-state index in [0.717, 1.165) is 24.6 Å². The summed E-state index contributed by atoms with van der Waals surface area (Å²) in [6, 6.07) is 6.99. The molecule has 2 atom stereocenters. The molecule has 1 heterocycles. The van der Waals surface area contributed by atoms with Gasteiger partial charge in [0.25, 0.3) is 0 Å².